The summed E-state index contributed by atoms with van der Waals surface area (Å²) in [6.07, 6.45) is 0. The van der Waals surface area contributed by atoms with Gasteiger partial charge in [-0.05, 0) is 23.5 Å². The molecule has 0 aliphatic heterocycles. The summed E-state index contributed by atoms with van der Waals surface area (Å²) in [5, 5.41) is 0. The van der Waals surface area contributed by atoms with Crippen LogP contribution < -0.4 is 5.73 Å². The van der Waals surface area contributed by atoms with Crippen molar-refractivity contribution in [2.75, 3.05) is 0 Å². The average Bonchev–Trinajstić information content (AvgIpc) is 2.15. The summed E-state index contributed by atoms with van der Waals surface area (Å²) in [6.45, 7) is 5.84. The monoisotopic (exact) mass is 213 g/mol. The molecule has 1 nitrogen and oxygen atoms in total. The van der Waals surface area contributed by atoms with Crippen LogP contribution in [0.3, 0.4) is 0 Å². The third-order valence-corrected chi connectivity index (χ3v) is 2.80. The molecule has 0 heterocycles. The summed E-state index contributed by atoms with van der Waals surface area (Å²) >= 11 is 0. The van der Waals surface area contributed by atoms with Crippen molar-refractivity contribution >= 4 is 0 Å². The lowest BCUT2D eigenvalue weighted by Gasteiger charge is -2.24. The van der Waals surface area contributed by atoms with Gasteiger partial charge in [0, 0.05) is 12.1 Å². The number of hydrogen-bond donors (Lipinski definition) is 1. The van der Waals surface area contributed by atoms with Crippen LogP contribution in [0.1, 0.15) is 32.3 Å². The van der Waals surface area contributed by atoms with Gasteiger partial charge in [-0.15, -0.1) is 0 Å². The predicted molar refractivity (Wildman–Crippen MR) is 57.6 cm³/mol. The van der Waals surface area contributed by atoms with Crippen molar-refractivity contribution < 1.29 is 8.78 Å². The molecule has 0 fully saturated rings. The summed E-state index contributed by atoms with van der Waals surface area (Å²) in [4.78, 5) is 0. The van der Waals surface area contributed by atoms with E-state index < -0.39 is 11.6 Å². The van der Waals surface area contributed by atoms with Crippen LogP contribution in [0.25, 0.3) is 0 Å². The van der Waals surface area contributed by atoms with Crippen LogP contribution in [0.2, 0.25) is 0 Å². The van der Waals surface area contributed by atoms with Gasteiger partial charge < -0.3 is 5.73 Å². The summed E-state index contributed by atoms with van der Waals surface area (Å²) in [5.41, 5.74) is 6.42. The Morgan fingerprint density at radius 2 is 1.73 bits per heavy atom. The largest absolute Gasteiger partial charge is 0.327 e. The second-order valence-electron chi connectivity index (χ2n) is 4.28. The summed E-state index contributed by atoms with van der Waals surface area (Å²) in [7, 11) is 0. The maximum Gasteiger partial charge on any atom is 0.129 e. The molecule has 1 rings (SSSR count). The Labute approximate surface area is 89.3 Å². The van der Waals surface area contributed by atoms with Crippen molar-refractivity contribution in [3.63, 3.8) is 0 Å². The lowest BCUT2D eigenvalue weighted by atomic mass is 9.87. The molecule has 0 radical (unpaired) electrons. The predicted octanol–water partition coefficient (Wildman–Crippen LogP) is 3.05. The Morgan fingerprint density at radius 1 is 1.13 bits per heavy atom. The molecule has 0 aromatic heterocycles. The van der Waals surface area contributed by atoms with E-state index in [1.54, 1.807) is 0 Å². The topological polar surface area (TPSA) is 26.0 Å². The third kappa shape index (κ3) is 2.75. The normalized spacial score (nSPS) is 15.4. The molecule has 0 saturated carbocycles. The van der Waals surface area contributed by atoms with Gasteiger partial charge in [0.1, 0.15) is 11.6 Å². The van der Waals surface area contributed by atoms with E-state index in [1.165, 1.54) is 12.1 Å². The molecule has 0 bridgehead atoms. The van der Waals surface area contributed by atoms with Gasteiger partial charge in [-0.1, -0.05) is 26.8 Å². The first kappa shape index (κ1) is 12.1. The first-order valence-electron chi connectivity index (χ1n) is 5.14. The van der Waals surface area contributed by atoms with Crippen LogP contribution in [0.5, 0.6) is 0 Å². The molecule has 84 valence electrons. The van der Waals surface area contributed by atoms with Crippen LogP contribution in [0, 0.1) is 17.6 Å². The van der Waals surface area contributed by atoms with E-state index in [9.17, 15) is 8.78 Å². The maximum atomic E-state index is 13.4. The van der Waals surface area contributed by atoms with Gasteiger partial charge in [0.15, 0.2) is 0 Å². The number of rotatable bonds is 3. The highest BCUT2D eigenvalue weighted by molar-refractivity contribution is 5.23. The van der Waals surface area contributed by atoms with E-state index in [1.807, 2.05) is 20.8 Å². The SMILES string of the molecule is CC(C)C(N)C(C)c1ccc(F)cc1F. The second kappa shape index (κ2) is 4.71. The van der Waals surface area contributed by atoms with Gasteiger partial charge in [-0.2, -0.15) is 0 Å². The number of nitrogens with two attached hydrogens (primary N) is 1. The molecule has 0 aliphatic rings. The zero-order valence-electron chi connectivity index (χ0n) is 9.30. The Kier molecular flexibility index (Phi) is 3.80. The highest BCUT2D eigenvalue weighted by Crippen LogP contribution is 2.25. The van der Waals surface area contributed by atoms with Gasteiger partial charge in [0.2, 0.25) is 0 Å². The zero-order chi connectivity index (χ0) is 11.6. The van der Waals surface area contributed by atoms with Crippen LogP contribution in [-0.2, 0) is 0 Å². The van der Waals surface area contributed by atoms with Crippen molar-refractivity contribution in [2.45, 2.75) is 32.7 Å². The fraction of sp³-hybridized carbons (Fsp3) is 0.500. The van der Waals surface area contributed by atoms with Crippen LogP contribution in [0.4, 0.5) is 8.78 Å². The minimum atomic E-state index is -0.554. The van der Waals surface area contributed by atoms with Gasteiger partial charge in [-0.25, -0.2) is 8.78 Å². The molecule has 0 aliphatic carbocycles. The van der Waals surface area contributed by atoms with Crippen molar-refractivity contribution in [1.29, 1.82) is 0 Å². The third-order valence-electron chi connectivity index (χ3n) is 2.80. The molecule has 2 atom stereocenters. The van der Waals surface area contributed by atoms with E-state index in [2.05, 4.69) is 0 Å². The summed E-state index contributed by atoms with van der Waals surface area (Å²) < 4.78 is 26.1. The van der Waals surface area contributed by atoms with Gasteiger partial charge in [0.25, 0.3) is 0 Å². The molecule has 1 aromatic rings. The highest BCUT2D eigenvalue weighted by Gasteiger charge is 2.20. The van der Waals surface area contributed by atoms with E-state index in [4.69, 9.17) is 5.73 Å². The van der Waals surface area contributed by atoms with E-state index in [0.29, 0.717) is 5.56 Å². The van der Waals surface area contributed by atoms with Crippen LogP contribution in [-0.4, -0.2) is 6.04 Å². The number of halogens is 2. The highest BCUT2D eigenvalue weighted by atomic mass is 19.1. The molecule has 0 saturated heterocycles. The van der Waals surface area contributed by atoms with E-state index in [0.717, 1.165) is 6.07 Å². The lowest BCUT2D eigenvalue weighted by molar-refractivity contribution is 0.422. The average molecular weight is 213 g/mol. The quantitative estimate of drug-likeness (QED) is 0.820. The lowest BCUT2D eigenvalue weighted by Crippen LogP contribution is -2.32. The van der Waals surface area contributed by atoms with E-state index >= 15 is 0 Å². The standard InChI is InChI=1S/C12H17F2N/c1-7(2)12(15)8(3)10-5-4-9(13)6-11(10)14/h4-8,12H,15H2,1-3H3. The Bertz CT molecular complexity index is 336. The van der Waals surface area contributed by atoms with E-state index in [-0.39, 0.29) is 17.9 Å². The minimum absolute atomic E-state index is 0.106. The first-order valence-corrected chi connectivity index (χ1v) is 5.14. The van der Waals surface area contributed by atoms with Crippen molar-refractivity contribution in [2.24, 2.45) is 11.7 Å². The molecular weight excluding hydrogens is 196 g/mol. The Balaban J connectivity index is 2.96. The fourth-order valence-electron chi connectivity index (χ4n) is 1.66. The molecule has 3 heteroatoms. The molecule has 15 heavy (non-hydrogen) atoms. The first-order chi connectivity index (χ1) is 6.93. The van der Waals surface area contributed by atoms with Crippen LogP contribution >= 0.6 is 0 Å². The minimum Gasteiger partial charge on any atom is -0.327 e. The Hall–Kier alpha value is -0.960. The van der Waals surface area contributed by atoms with Gasteiger partial charge in [0.05, 0.1) is 0 Å². The molecule has 2 N–H and O–H groups in total. The van der Waals surface area contributed by atoms with Gasteiger partial charge in [-0.3, -0.25) is 0 Å². The van der Waals surface area contributed by atoms with Gasteiger partial charge >= 0.3 is 0 Å². The Morgan fingerprint density at radius 3 is 2.20 bits per heavy atom. The summed E-state index contributed by atoms with van der Waals surface area (Å²) in [6, 6.07) is 3.52. The molecular formula is C12H17F2N. The molecule has 0 amide bonds. The molecule has 2 unspecified atom stereocenters. The number of hydrogen-bond acceptors (Lipinski definition) is 1. The number of benzene rings is 1. The fourth-order valence-corrected chi connectivity index (χ4v) is 1.66. The van der Waals surface area contributed by atoms with Crippen molar-refractivity contribution in [1.82, 2.24) is 0 Å². The molecule has 0 spiro atoms. The van der Waals surface area contributed by atoms with Crippen molar-refractivity contribution in [3.05, 3.63) is 35.4 Å². The summed E-state index contributed by atoms with van der Waals surface area (Å²) in [5.74, 6) is -0.907. The molecule has 1 aromatic carbocycles. The van der Waals surface area contributed by atoms with Crippen LogP contribution in [0.15, 0.2) is 18.2 Å². The zero-order valence-corrected chi connectivity index (χ0v) is 9.30. The maximum absolute atomic E-state index is 13.4. The smallest absolute Gasteiger partial charge is 0.129 e. The van der Waals surface area contributed by atoms with Crippen molar-refractivity contribution in [3.8, 4) is 0 Å². The second-order valence-corrected chi connectivity index (χ2v) is 4.28.